The maximum absolute atomic E-state index is 12.4. The summed E-state index contributed by atoms with van der Waals surface area (Å²) in [6.45, 7) is 1.70. The SMILES string of the molecule is COc1ccc(-c2noc(C(=O)O)c2C(C)NC(=O)Cc2ccccc2)cc1. The van der Waals surface area contributed by atoms with Gasteiger partial charge in [-0.15, -0.1) is 0 Å². The van der Waals surface area contributed by atoms with Gasteiger partial charge in [0.05, 0.1) is 25.1 Å². The van der Waals surface area contributed by atoms with E-state index in [1.807, 2.05) is 30.3 Å². The number of nitrogens with zero attached hydrogens (tertiary/aromatic N) is 1. The highest BCUT2D eigenvalue weighted by Crippen LogP contribution is 2.31. The minimum Gasteiger partial charge on any atom is -0.497 e. The van der Waals surface area contributed by atoms with Gasteiger partial charge in [0, 0.05) is 5.56 Å². The Labute approximate surface area is 161 Å². The first kappa shape index (κ1) is 19.2. The number of methoxy groups -OCH3 is 1. The summed E-state index contributed by atoms with van der Waals surface area (Å²) in [5, 5.41) is 16.2. The fraction of sp³-hybridized carbons (Fsp3) is 0.190. The zero-order valence-corrected chi connectivity index (χ0v) is 15.5. The van der Waals surface area contributed by atoms with Gasteiger partial charge in [-0.1, -0.05) is 35.5 Å². The molecular weight excluding hydrogens is 360 g/mol. The summed E-state index contributed by atoms with van der Waals surface area (Å²) in [6.07, 6.45) is 0.191. The zero-order chi connectivity index (χ0) is 20.1. The Morgan fingerprint density at radius 3 is 2.43 bits per heavy atom. The maximum Gasteiger partial charge on any atom is 0.375 e. The van der Waals surface area contributed by atoms with Crippen molar-refractivity contribution in [1.29, 1.82) is 0 Å². The van der Waals surface area contributed by atoms with Crippen molar-refractivity contribution in [1.82, 2.24) is 10.5 Å². The number of aromatic nitrogens is 1. The van der Waals surface area contributed by atoms with Crippen LogP contribution in [0.5, 0.6) is 5.75 Å². The Balaban J connectivity index is 1.87. The van der Waals surface area contributed by atoms with Gasteiger partial charge in [-0.25, -0.2) is 4.79 Å². The van der Waals surface area contributed by atoms with Crippen molar-refractivity contribution in [2.75, 3.05) is 7.11 Å². The first-order valence-electron chi connectivity index (χ1n) is 8.70. The van der Waals surface area contributed by atoms with Gasteiger partial charge in [-0.3, -0.25) is 4.79 Å². The Morgan fingerprint density at radius 2 is 1.82 bits per heavy atom. The van der Waals surface area contributed by atoms with Gasteiger partial charge in [0.2, 0.25) is 11.7 Å². The minimum atomic E-state index is -1.24. The van der Waals surface area contributed by atoms with Gasteiger partial charge >= 0.3 is 5.97 Å². The molecule has 1 amide bonds. The molecule has 144 valence electrons. The summed E-state index contributed by atoms with van der Waals surface area (Å²) in [5.41, 5.74) is 2.22. The van der Waals surface area contributed by atoms with Gasteiger partial charge in [0.25, 0.3) is 0 Å². The van der Waals surface area contributed by atoms with Crippen LogP contribution in [-0.2, 0) is 11.2 Å². The van der Waals surface area contributed by atoms with E-state index < -0.39 is 12.0 Å². The normalized spacial score (nSPS) is 11.6. The number of carbonyl (C=O) groups is 2. The Hall–Kier alpha value is -3.61. The van der Waals surface area contributed by atoms with Crippen LogP contribution in [-0.4, -0.2) is 29.2 Å². The molecule has 2 aromatic carbocycles. The molecule has 0 fully saturated rings. The predicted octanol–water partition coefficient (Wildman–Crippen LogP) is 3.47. The first-order chi connectivity index (χ1) is 13.5. The van der Waals surface area contributed by atoms with Crippen molar-refractivity contribution in [2.45, 2.75) is 19.4 Å². The molecule has 1 heterocycles. The molecule has 0 aliphatic rings. The fourth-order valence-electron chi connectivity index (χ4n) is 2.96. The van der Waals surface area contributed by atoms with Gasteiger partial charge in [-0.2, -0.15) is 0 Å². The van der Waals surface area contributed by atoms with Crippen LogP contribution in [0.2, 0.25) is 0 Å². The third-order valence-electron chi connectivity index (χ3n) is 4.30. The summed E-state index contributed by atoms with van der Waals surface area (Å²) in [5.74, 6) is -1.10. The van der Waals surface area contributed by atoms with Gasteiger partial charge in [-0.05, 0) is 36.8 Å². The van der Waals surface area contributed by atoms with E-state index in [9.17, 15) is 14.7 Å². The molecule has 0 saturated heterocycles. The molecule has 3 aromatic rings. The van der Waals surface area contributed by atoms with Crippen molar-refractivity contribution in [3.05, 3.63) is 71.5 Å². The van der Waals surface area contributed by atoms with E-state index in [0.717, 1.165) is 5.56 Å². The average Bonchev–Trinajstić information content (AvgIpc) is 3.14. The Bertz CT molecular complexity index is 964. The third kappa shape index (κ3) is 4.20. The van der Waals surface area contributed by atoms with Gasteiger partial charge in [0.1, 0.15) is 11.4 Å². The van der Waals surface area contributed by atoms with Crippen molar-refractivity contribution >= 4 is 11.9 Å². The van der Waals surface area contributed by atoms with Crippen LogP contribution in [0.3, 0.4) is 0 Å². The Kier molecular flexibility index (Phi) is 5.74. The molecule has 1 unspecified atom stereocenters. The van der Waals surface area contributed by atoms with Crippen LogP contribution < -0.4 is 10.1 Å². The predicted molar refractivity (Wildman–Crippen MR) is 102 cm³/mol. The van der Waals surface area contributed by atoms with E-state index in [-0.39, 0.29) is 18.1 Å². The van der Waals surface area contributed by atoms with E-state index in [2.05, 4.69) is 10.5 Å². The highest BCUT2D eigenvalue weighted by Gasteiger charge is 2.28. The number of hydrogen-bond acceptors (Lipinski definition) is 5. The lowest BCUT2D eigenvalue weighted by atomic mass is 10.00. The number of hydrogen-bond donors (Lipinski definition) is 2. The largest absolute Gasteiger partial charge is 0.497 e. The molecule has 28 heavy (non-hydrogen) atoms. The smallest absolute Gasteiger partial charge is 0.375 e. The van der Waals surface area contributed by atoms with Crippen LogP contribution in [0.25, 0.3) is 11.3 Å². The van der Waals surface area contributed by atoms with Crippen molar-refractivity contribution in [2.24, 2.45) is 0 Å². The van der Waals surface area contributed by atoms with Crippen molar-refractivity contribution in [3.63, 3.8) is 0 Å². The van der Waals surface area contributed by atoms with Crippen LogP contribution >= 0.6 is 0 Å². The summed E-state index contributed by atoms with van der Waals surface area (Å²) in [7, 11) is 1.56. The quantitative estimate of drug-likeness (QED) is 0.651. The second-order valence-electron chi connectivity index (χ2n) is 6.26. The minimum absolute atomic E-state index is 0.191. The highest BCUT2D eigenvalue weighted by molar-refractivity contribution is 5.89. The molecule has 1 atom stereocenters. The number of carbonyl (C=O) groups excluding carboxylic acids is 1. The summed E-state index contributed by atoms with van der Waals surface area (Å²) >= 11 is 0. The molecule has 0 aliphatic heterocycles. The lowest BCUT2D eigenvalue weighted by Crippen LogP contribution is -2.29. The first-order valence-corrected chi connectivity index (χ1v) is 8.70. The summed E-state index contributed by atoms with van der Waals surface area (Å²) in [6, 6.07) is 15.7. The van der Waals surface area contributed by atoms with E-state index in [1.165, 1.54) is 0 Å². The number of carboxylic acids is 1. The number of aromatic carboxylic acids is 1. The molecule has 7 nitrogen and oxygen atoms in total. The zero-order valence-electron chi connectivity index (χ0n) is 15.5. The second-order valence-corrected chi connectivity index (χ2v) is 6.26. The highest BCUT2D eigenvalue weighted by atomic mass is 16.5. The van der Waals surface area contributed by atoms with Gasteiger partial charge < -0.3 is 19.7 Å². The number of benzene rings is 2. The molecule has 0 aliphatic carbocycles. The second kappa shape index (κ2) is 8.39. The molecule has 3 rings (SSSR count). The molecular formula is C21H20N2O5. The average molecular weight is 380 g/mol. The maximum atomic E-state index is 12.4. The number of ether oxygens (including phenoxy) is 1. The molecule has 0 radical (unpaired) electrons. The Morgan fingerprint density at radius 1 is 1.14 bits per heavy atom. The van der Waals surface area contributed by atoms with Crippen LogP contribution in [0.1, 0.15) is 34.6 Å². The van der Waals surface area contributed by atoms with Crippen molar-refractivity contribution < 1.29 is 24.0 Å². The van der Waals surface area contributed by atoms with Crippen LogP contribution in [0.4, 0.5) is 0 Å². The standard InChI is InChI=1S/C21H20N2O5/c1-13(22-17(24)12-14-6-4-3-5-7-14)18-19(23-28-20(18)21(25)26)15-8-10-16(27-2)11-9-15/h3-11,13H,12H2,1-2H3,(H,22,24)(H,25,26). The van der Waals surface area contributed by atoms with E-state index in [0.29, 0.717) is 22.6 Å². The lowest BCUT2D eigenvalue weighted by molar-refractivity contribution is -0.121. The fourth-order valence-corrected chi connectivity index (χ4v) is 2.96. The van der Waals surface area contributed by atoms with E-state index >= 15 is 0 Å². The monoisotopic (exact) mass is 380 g/mol. The van der Waals surface area contributed by atoms with Crippen molar-refractivity contribution in [3.8, 4) is 17.0 Å². The number of amides is 1. The van der Waals surface area contributed by atoms with Gasteiger partial charge in [0.15, 0.2) is 0 Å². The van der Waals surface area contributed by atoms with E-state index in [4.69, 9.17) is 9.26 Å². The van der Waals surface area contributed by atoms with Crippen LogP contribution in [0.15, 0.2) is 59.1 Å². The third-order valence-corrected chi connectivity index (χ3v) is 4.30. The number of rotatable bonds is 7. The number of carboxylic acid groups (broad SMARTS) is 1. The molecule has 0 saturated carbocycles. The molecule has 2 N–H and O–H groups in total. The van der Waals surface area contributed by atoms with Crippen LogP contribution in [0, 0.1) is 0 Å². The summed E-state index contributed by atoms with van der Waals surface area (Å²) in [4.78, 5) is 24.0. The number of nitrogens with one attached hydrogen (secondary N) is 1. The molecule has 0 spiro atoms. The lowest BCUT2D eigenvalue weighted by Gasteiger charge is -2.15. The molecule has 0 bridgehead atoms. The topological polar surface area (TPSA) is 102 Å². The van der Waals surface area contributed by atoms with E-state index in [1.54, 1.807) is 38.3 Å². The molecule has 1 aromatic heterocycles. The summed E-state index contributed by atoms with van der Waals surface area (Å²) < 4.78 is 10.2. The molecule has 7 heteroatoms.